The number of carbonyl (C=O) groups excluding carboxylic acids is 2. The Morgan fingerprint density at radius 3 is 2.44 bits per heavy atom. The van der Waals surface area contributed by atoms with Gasteiger partial charge in [-0.2, -0.15) is 0 Å². The molecule has 0 bridgehead atoms. The van der Waals surface area contributed by atoms with Gasteiger partial charge in [0.25, 0.3) is 0 Å². The number of ether oxygens (including phenoxy) is 1. The van der Waals surface area contributed by atoms with Crippen molar-refractivity contribution in [2.75, 3.05) is 22.5 Å². The summed E-state index contributed by atoms with van der Waals surface area (Å²) in [6, 6.07) is 3.85. The lowest BCUT2D eigenvalue weighted by Crippen LogP contribution is -2.47. The van der Waals surface area contributed by atoms with Crippen molar-refractivity contribution in [1.29, 1.82) is 0 Å². The van der Waals surface area contributed by atoms with Crippen molar-refractivity contribution >= 4 is 43.9 Å². The van der Waals surface area contributed by atoms with Crippen LogP contribution in [0.25, 0.3) is 0 Å². The maximum Gasteiger partial charge on any atom is 0.341 e. The van der Waals surface area contributed by atoms with Crippen LogP contribution in [0.1, 0.15) is 53.9 Å². The number of fused-ring (bicyclic) bond motifs is 1. The third kappa shape index (κ3) is 5.12. The average molecular weight is 483 g/mol. The van der Waals surface area contributed by atoms with Gasteiger partial charge in [0.15, 0.2) is 0 Å². The van der Waals surface area contributed by atoms with E-state index in [0.717, 1.165) is 58.8 Å². The van der Waals surface area contributed by atoms with E-state index in [1.54, 1.807) is 13.8 Å². The van der Waals surface area contributed by atoms with Crippen LogP contribution in [0.5, 0.6) is 0 Å². The van der Waals surface area contributed by atoms with Crippen LogP contribution in [0.2, 0.25) is 0 Å². The summed E-state index contributed by atoms with van der Waals surface area (Å²) in [4.78, 5) is 27.0. The van der Waals surface area contributed by atoms with E-state index >= 15 is 0 Å². The number of nitrogens with zero attached hydrogens (tertiary/aromatic N) is 1. The number of amides is 1. The molecular weight excluding hydrogens is 455 g/mol. The van der Waals surface area contributed by atoms with E-state index in [9.17, 15) is 22.4 Å². The molecule has 1 heterocycles. The number of hydrogen-bond acceptors (Lipinski definition) is 6. The first-order chi connectivity index (χ1) is 15.2. The van der Waals surface area contributed by atoms with Crippen LogP contribution in [0, 0.1) is 5.82 Å². The number of benzene rings is 1. The Hall–Kier alpha value is -2.46. The number of esters is 1. The van der Waals surface area contributed by atoms with Gasteiger partial charge in [-0.3, -0.25) is 9.10 Å². The van der Waals surface area contributed by atoms with Crippen LogP contribution in [-0.2, 0) is 32.4 Å². The Labute approximate surface area is 191 Å². The number of hydrogen-bond donors (Lipinski definition) is 1. The fourth-order valence-electron chi connectivity index (χ4n) is 3.92. The van der Waals surface area contributed by atoms with Crippen molar-refractivity contribution in [3.05, 3.63) is 46.1 Å². The molecule has 32 heavy (non-hydrogen) atoms. The predicted octanol–water partition coefficient (Wildman–Crippen LogP) is 4.13. The fourth-order valence-corrected chi connectivity index (χ4v) is 6.41. The van der Waals surface area contributed by atoms with E-state index in [2.05, 4.69) is 5.32 Å². The molecule has 0 saturated carbocycles. The molecule has 0 spiro atoms. The predicted molar refractivity (Wildman–Crippen MR) is 123 cm³/mol. The summed E-state index contributed by atoms with van der Waals surface area (Å²) in [5, 5.41) is 3.17. The summed E-state index contributed by atoms with van der Waals surface area (Å²) >= 11 is 1.34. The largest absolute Gasteiger partial charge is 0.462 e. The third-order valence-electron chi connectivity index (χ3n) is 5.30. The molecule has 0 saturated heterocycles. The molecular formula is C22H27FN2O5S2. The molecule has 1 amide bonds. The van der Waals surface area contributed by atoms with Gasteiger partial charge in [-0.05, 0) is 68.9 Å². The lowest BCUT2D eigenvalue weighted by Gasteiger charge is -2.30. The number of rotatable bonds is 8. The Balaban J connectivity index is 1.97. The van der Waals surface area contributed by atoms with Gasteiger partial charge in [0.1, 0.15) is 16.9 Å². The molecule has 0 fully saturated rings. The van der Waals surface area contributed by atoms with Crippen LogP contribution in [-0.4, -0.2) is 39.2 Å². The number of thiophene rings is 1. The summed E-state index contributed by atoms with van der Waals surface area (Å²) in [6.07, 6.45) is 4.69. The van der Waals surface area contributed by atoms with E-state index in [0.29, 0.717) is 10.6 Å². The third-order valence-corrected chi connectivity index (χ3v) is 7.69. The molecule has 0 radical (unpaired) electrons. The standard InChI is InChI=1S/C22H27FN2O5S2/c1-4-17(25(32(3,28)29)15-12-10-14(23)11-13-15)20(26)24-21-19(22(27)30-5-2)16-8-6-7-9-18(16)31-21/h10-13,17H,4-9H2,1-3H3,(H,24,26)/t17-/m1/s1. The summed E-state index contributed by atoms with van der Waals surface area (Å²) < 4.78 is 44.7. The van der Waals surface area contributed by atoms with E-state index in [1.165, 1.54) is 23.5 Å². The van der Waals surface area contributed by atoms with Crippen LogP contribution >= 0.6 is 11.3 Å². The first-order valence-electron chi connectivity index (χ1n) is 10.5. The molecule has 1 N–H and O–H groups in total. The molecule has 0 unspecified atom stereocenters. The molecule has 2 aromatic rings. The molecule has 1 aliphatic carbocycles. The van der Waals surface area contributed by atoms with Crippen molar-refractivity contribution in [3.63, 3.8) is 0 Å². The number of anilines is 2. The number of carbonyl (C=O) groups is 2. The van der Waals surface area contributed by atoms with E-state index < -0.39 is 33.8 Å². The Morgan fingerprint density at radius 1 is 1.19 bits per heavy atom. The summed E-state index contributed by atoms with van der Waals surface area (Å²) in [5.41, 5.74) is 1.45. The second-order valence-electron chi connectivity index (χ2n) is 7.58. The fraction of sp³-hybridized carbons (Fsp3) is 0.455. The molecule has 1 atom stereocenters. The highest BCUT2D eigenvalue weighted by Gasteiger charge is 2.34. The Bertz CT molecular complexity index is 1100. The number of nitrogens with one attached hydrogen (secondary N) is 1. The topological polar surface area (TPSA) is 92.8 Å². The van der Waals surface area contributed by atoms with Gasteiger partial charge in [0, 0.05) is 4.88 Å². The molecule has 0 aliphatic heterocycles. The van der Waals surface area contributed by atoms with Gasteiger partial charge in [0.2, 0.25) is 15.9 Å². The van der Waals surface area contributed by atoms with Gasteiger partial charge in [-0.25, -0.2) is 17.6 Å². The molecule has 1 aromatic carbocycles. The van der Waals surface area contributed by atoms with E-state index in [4.69, 9.17) is 4.74 Å². The number of halogens is 1. The molecule has 7 nitrogen and oxygen atoms in total. The quantitative estimate of drug-likeness (QED) is 0.571. The first kappa shape index (κ1) is 24.2. The highest BCUT2D eigenvalue weighted by atomic mass is 32.2. The Morgan fingerprint density at radius 2 is 1.84 bits per heavy atom. The highest BCUT2D eigenvalue weighted by Crippen LogP contribution is 2.39. The molecule has 1 aliphatic rings. The SMILES string of the molecule is CCOC(=O)c1c(NC(=O)[C@@H](CC)N(c2ccc(F)cc2)S(C)(=O)=O)sc2c1CCCC2. The van der Waals surface area contributed by atoms with E-state index in [-0.39, 0.29) is 18.7 Å². The summed E-state index contributed by atoms with van der Waals surface area (Å²) in [7, 11) is -3.85. The second-order valence-corrected chi connectivity index (χ2v) is 10.5. The molecule has 3 rings (SSSR count). The molecule has 174 valence electrons. The lowest BCUT2D eigenvalue weighted by molar-refractivity contribution is -0.117. The molecule has 1 aromatic heterocycles. The van der Waals surface area contributed by atoms with Gasteiger partial charge >= 0.3 is 5.97 Å². The second kappa shape index (κ2) is 9.99. The van der Waals surface area contributed by atoms with Gasteiger partial charge in [-0.1, -0.05) is 6.92 Å². The minimum atomic E-state index is -3.85. The first-order valence-corrected chi connectivity index (χ1v) is 13.2. The molecule has 10 heteroatoms. The van der Waals surface area contributed by atoms with Gasteiger partial charge in [-0.15, -0.1) is 11.3 Å². The lowest BCUT2D eigenvalue weighted by atomic mass is 9.95. The van der Waals surface area contributed by atoms with Gasteiger partial charge in [0.05, 0.1) is 24.1 Å². The maximum atomic E-state index is 13.4. The Kier molecular flexibility index (Phi) is 7.55. The van der Waals surface area contributed by atoms with Crippen LogP contribution < -0.4 is 9.62 Å². The minimum absolute atomic E-state index is 0.177. The van der Waals surface area contributed by atoms with Crippen molar-refractivity contribution in [2.45, 2.75) is 52.0 Å². The maximum absolute atomic E-state index is 13.4. The van der Waals surface area contributed by atoms with E-state index in [1.807, 2.05) is 0 Å². The van der Waals surface area contributed by atoms with Crippen LogP contribution in [0.4, 0.5) is 15.1 Å². The van der Waals surface area contributed by atoms with Crippen molar-refractivity contribution in [1.82, 2.24) is 0 Å². The zero-order valence-corrected chi connectivity index (χ0v) is 19.9. The van der Waals surface area contributed by atoms with Crippen molar-refractivity contribution in [2.24, 2.45) is 0 Å². The van der Waals surface area contributed by atoms with Crippen LogP contribution in [0.15, 0.2) is 24.3 Å². The van der Waals surface area contributed by atoms with Crippen molar-refractivity contribution < 1.29 is 27.1 Å². The average Bonchev–Trinajstić information content (AvgIpc) is 3.09. The minimum Gasteiger partial charge on any atom is -0.462 e. The van der Waals surface area contributed by atoms with Crippen LogP contribution in [0.3, 0.4) is 0 Å². The summed E-state index contributed by atoms with van der Waals surface area (Å²) in [6.45, 7) is 3.62. The van der Waals surface area contributed by atoms with Gasteiger partial charge < -0.3 is 10.1 Å². The number of sulfonamides is 1. The monoisotopic (exact) mass is 482 g/mol. The highest BCUT2D eigenvalue weighted by molar-refractivity contribution is 7.92. The smallest absolute Gasteiger partial charge is 0.341 e. The zero-order valence-electron chi connectivity index (χ0n) is 18.3. The summed E-state index contributed by atoms with van der Waals surface area (Å²) in [5.74, 6) is -1.57. The zero-order chi connectivity index (χ0) is 23.5. The number of aryl methyl sites for hydroxylation is 1. The van der Waals surface area contributed by atoms with Crippen molar-refractivity contribution in [3.8, 4) is 0 Å². The normalized spacial score (nSPS) is 14.4.